The fourth-order valence-corrected chi connectivity index (χ4v) is 6.23. The summed E-state index contributed by atoms with van der Waals surface area (Å²) in [6.45, 7) is 7.63. The Morgan fingerprint density at radius 1 is 0.750 bits per heavy atom. The lowest BCUT2D eigenvalue weighted by molar-refractivity contribution is 0.0592. The molecule has 0 atom stereocenters. The molecule has 10 heteroatoms. The molecule has 0 bridgehead atoms. The molecule has 2 N–H and O–H groups in total. The summed E-state index contributed by atoms with van der Waals surface area (Å²) in [5.41, 5.74) is 2.84. The zero-order chi connectivity index (χ0) is 26.6. The molecular weight excluding hydrogens is 500 g/mol. The lowest BCUT2D eigenvalue weighted by atomic mass is 10.1. The molecule has 2 aromatic heterocycles. The largest absolute Gasteiger partial charge is 0.465 e. The predicted molar refractivity (Wildman–Crippen MR) is 142 cm³/mol. The van der Waals surface area contributed by atoms with Gasteiger partial charge in [0.1, 0.15) is 10.0 Å². The monoisotopic (exact) mass is 528 g/mol. The number of methoxy groups -OCH3 is 2. The SMILES string of the molecule is CCc1c(C)sc(NC(=O)c2cccc(C(=O)Nc3sc(C)c(CC)c3C(=O)OC)c2)c1C(=O)OC. The summed E-state index contributed by atoms with van der Waals surface area (Å²) in [5.74, 6) is -1.96. The van der Waals surface area contributed by atoms with Crippen molar-refractivity contribution in [2.75, 3.05) is 24.9 Å². The van der Waals surface area contributed by atoms with Crippen LogP contribution in [-0.2, 0) is 22.3 Å². The van der Waals surface area contributed by atoms with Gasteiger partial charge in [-0.15, -0.1) is 22.7 Å². The standard InChI is InChI=1S/C26H28N2O6S2/c1-7-17-13(3)35-23(19(17)25(31)33-5)27-21(29)15-10-9-11-16(12-15)22(30)28-24-20(26(32)34-6)18(8-2)14(4)36-24/h9-12H,7-8H2,1-6H3,(H,27,29)(H,28,30). The van der Waals surface area contributed by atoms with Crippen molar-refractivity contribution in [2.24, 2.45) is 0 Å². The van der Waals surface area contributed by atoms with Crippen molar-refractivity contribution in [3.05, 3.63) is 67.4 Å². The normalized spacial score (nSPS) is 10.6. The third kappa shape index (κ3) is 5.34. The Labute approximate surface area is 217 Å². The number of nitrogens with one attached hydrogen (secondary N) is 2. The molecule has 0 saturated heterocycles. The number of benzene rings is 1. The van der Waals surface area contributed by atoms with Crippen molar-refractivity contribution in [1.29, 1.82) is 0 Å². The van der Waals surface area contributed by atoms with Gasteiger partial charge in [0.05, 0.1) is 25.3 Å². The van der Waals surface area contributed by atoms with Crippen LogP contribution in [0.5, 0.6) is 0 Å². The molecule has 8 nitrogen and oxygen atoms in total. The highest BCUT2D eigenvalue weighted by atomic mass is 32.1. The van der Waals surface area contributed by atoms with Gasteiger partial charge in [-0.2, -0.15) is 0 Å². The van der Waals surface area contributed by atoms with Gasteiger partial charge >= 0.3 is 11.9 Å². The zero-order valence-corrected chi connectivity index (χ0v) is 22.6. The average molecular weight is 529 g/mol. The first-order valence-electron chi connectivity index (χ1n) is 11.3. The summed E-state index contributed by atoms with van der Waals surface area (Å²) >= 11 is 2.60. The summed E-state index contributed by atoms with van der Waals surface area (Å²) in [7, 11) is 2.60. The molecule has 0 spiro atoms. The van der Waals surface area contributed by atoms with Crippen molar-refractivity contribution in [3.63, 3.8) is 0 Å². The summed E-state index contributed by atoms with van der Waals surface area (Å²) in [6, 6.07) is 6.22. The molecule has 1 aromatic carbocycles. The second-order valence-corrected chi connectivity index (χ2v) is 10.3. The van der Waals surface area contributed by atoms with Crippen molar-refractivity contribution in [1.82, 2.24) is 0 Å². The van der Waals surface area contributed by atoms with Crippen LogP contribution in [0.25, 0.3) is 0 Å². The molecule has 190 valence electrons. The molecule has 0 radical (unpaired) electrons. The van der Waals surface area contributed by atoms with E-state index in [0.717, 1.165) is 20.9 Å². The van der Waals surface area contributed by atoms with Gasteiger partial charge in [-0.3, -0.25) is 9.59 Å². The van der Waals surface area contributed by atoms with Gasteiger partial charge in [0.25, 0.3) is 11.8 Å². The second kappa shape index (κ2) is 11.5. The van der Waals surface area contributed by atoms with Gasteiger partial charge in [-0.1, -0.05) is 19.9 Å². The Morgan fingerprint density at radius 2 is 1.14 bits per heavy atom. The molecule has 36 heavy (non-hydrogen) atoms. The highest BCUT2D eigenvalue weighted by Gasteiger charge is 2.25. The van der Waals surface area contributed by atoms with Crippen LogP contribution >= 0.6 is 22.7 Å². The molecule has 0 unspecified atom stereocenters. The van der Waals surface area contributed by atoms with E-state index in [1.165, 1.54) is 43.0 Å². The smallest absolute Gasteiger partial charge is 0.341 e. The van der Waals surface area contributed by atoms with Crippen molar-refractivity contribution in [2.45, 2.75) is 40.5 Å². The molecular formula is C26H28N2O6S2. The van der Waals surface area contributed by atoms with E-state index in [1.54, 1.807) is 18.2 Å². The third-order valence-electron chi connectivity index (χ3n) is 5.75. The number of esters is 2. The molecule has 0 aliphatic carbocycles. The first-order chi connectivity index (χ1) is 17.2. The number of carbonyl (C=O) groups excluding carboxylic acids is 4. The second-order valence-electron chi connectivity index (χ2n) is 7.86. The Morgan fingerprint density at radius 3 is 1.47 bits per heavy atom. The number of hydrogen-bond donors (Lipinski definition) is 2. The predicted octanol–water partition coefficient (Wildman–Crippen LogP) is 5.63. The number of anilines is 2. The molecule has 2 heterocycles. The van der Waals surface area contributed by atoms with Crippen molar-refractivity contribution < 1.29 is 28.7 Å². The minimum absolute atomic E-state index is 0.243. The summed E-state index contributed by atoms with van der Waals surface area (Å²) in [4.78, 5) is 52.6. The van der Waals surface area contributed by atoms with E-state index in [0.29, 0.717) is 34.0 Å². The first-order valence-corrected chi connectivity index (χ1v) is 12.9. The third-order valence-corrected chi connectivity index (χ3v) is 7.87. The fraction of sp³-hybridized carbons (Fsp3) is 0.308. The minimum Gasteiger partial charge on any atom is -0.465 e. The molecule has 0 aliphatic rings. The number of hydrogen-bond acceptors (Lipinski definition) is 8. The maximum absolute atomic E-state index is 13.0. The van der Waals surface area contributed by atoms with Gasteiger partial charge in [0, 0.05) is 20.9 Å². The number of carbonyl (C=O) groups is 4. The van der Waals surface area contributed by atoms with E-state index >= 15 is 0 Å². The quantitative estimate of drug-likeness (QED) is 0.367. The highest BCUT2D eigenvalue weighted by molar-refractivity contribution is 7.17. The summed E-state index contributed by atoms with van der Waals surface area (Å²) in [5, 5.41) is 6.39. The van der Waals surface area contributed by atoms with Gasteiger partial charge in [-0.25, -0.2) is 9.59 Å². The van der Waals surface area contributed by atoms with E-state index in [1.807, 2.05) is 27.7 Å². The van der Waals surface area contributed by atoms with E-state index in [2.05, 4.69) is 10.6 Å². The van der Waals surface area contributed by atoms with Crippen LogP contribution in [0.1, 0.15) is 76.2 Å². The number of ether oxygens (including phenoxy) is 2. The molecule has 0 aliphatic heterocycles. The highest BCUT2D eigenvalue weighted by Crippen LogP contribution is 2.35. The van der Waals surface area contributed by atoms with Crippen LogP contribution < -0.4 is 10.6 Å². The fourth-order valence-electron chi connectivity index (χ4n) is 3.97. The van der Waals surface area contributed by atoms with Crippen LogP contribution in [0.4, 0.5) is 10.0 Å². The Kier molecular flexibility index (Phi) is 8.65. The van der Waals surface area contributed by atoms with Gasteiger partial charge in [0.2, 0.25) is 0 Å². The molecule has 2 amide bonds. The number of thiophene rings is 2. The number of rotatable bonds is 8. The van der Waals surface area contributed by atoms with E-state index in [9.17, 15) is 19.2 Å². The number of amides is 2. The minimum atomic E-state index is -0.515. The molecule has 0 fully saturated rings. The van der Waals surface area contributed by atoms with Crippen molar-refractivity contribution >= 4 is 56.4 Å². The van der Waals surface area contributed by atoms with E-state index in [4.69, 9.17) is 9.47 Å². The first kappa shape index (κ1) is 27.1. The Bertz CT molecular complexity index is 1240. The van der Waals surface area contributed by atoms with Gasteiger partial charge in [-0.05, 0) is 56.0 Å². The summed E-state index contributed by atoms with van der Waals surface area (Å²) in [6.07, 6.45) is 1.24. The average Bonchev–Trinajstić information content (AvgIpc) is 3.37. The topological polar surface area (TPSA) is 111 Å². The lowest BCUT2D eigenvalue weighted by Crippen LogP contribution is -2.17. The van der Waals surface area contributed by atoms with Crippen LogP contribution in [0.3, 0.4) is 0 Å². The Balaban J connectivity index is 1.87. The van der Waals surface area contributed by atoms with Crippen LogP contribution in [-0.4, -0.2) is 38.0 Å². The van der Waals surface area contributed by atoms with Crippen molar-refractivity contribution in [3.8, 4) is 0 Å². The maximum atomic E-state index is 13.0. The molecule has 3 rings (SSSR count). The van der Waals surface area contributed by atoms with E-state index in [-0.39, 0.29) is 11.1 Å². The van der Waals surface area contributed by atoms with E-state index < -0.39 is 23.8 Å². The maximum Gasteiger partial charge on any atom is 0.341 e. The number of aryl methyl sites for hydroxylation is 2. The van der Waals surface area contributed by atoms with Gasteiger partial charge < -0.3 is 20.1 Å². The van der Waals surface area contributed by atoms with Crippen LogP contribution in [0.2, 0.25) is 0 Å². The molecule has 0 saturated carbocycles. The zero-order valence-electron chi connectivity index (χ0n) is 21.0. The Hall–Kier alpha value is -3.50. The van der Waals surface area contributed by atoms with Crippen LogP contribution in [0.15, 0.2) is 24.3 Å². The van der Waals surface area contributed by atoms with Gasteiger partial charge in [0.15, 0.2) is 0 Å². The van der Waals surface area contributed by atoms with Crippen LogP contribution in [0, 0.1) is 13.8 Å². The molecule has 3 aromatic rings. The summed E-state index contributed by atoms with van der Waals surface area (Å²) < 4.78 is 9.82. The lowest BCUT2D eigenvalue weighted by Gasteiger charge is -2.09.